The van der Waals surface area contributed by atoms with Gasteiger partial charge in [0.05, 0.1) is 6.54 Å². The number of amides is 2. The summed E-state index contributed by atoms with van der Waals surface area (Å²) in [7, 11) is 0. The molecule has 6 heteroatoms. The molecule has 1 aromatic heterocycles. The molecule has 1 N–H and O–H groups in total. The van der Waals surface area contributed by atoms with Gasteiger partial charge in [-0.3, -0.25) is 4.79 Å². The summed E-state index contributed by atoms with van der Waals surface area (Å²) >= 11 is 1.79. The van der Waals surface area contributed by atoms with E-state index in [4.69, 9.17) is 4.74 Å². The lowest BCUT2D eigenvalue weighted by Gasteiger charge is -2.12. The highest BCUT2D eigenvalue weighted by atomic mass is 32.1. The molecule has 2 amide bonds. The van der Waals surface area contributed by atoms with E-state index < -0.39 is 0 Å². The number of nitrogens with zero attached hydrogens (tertiary/aromatic N) is 1. The van der Waals surface area contributed by atoms with Crippen molar-refractivity contribution in [2.24, 2.45) is 5.92 Å². The summed E-state index contributed by atoms with van der Waals surface area (Å²) in [6.07, 6.45) is 1.50. The Bertz CT molecular complexity index is 543. The molecule has 2 aliphatic rings. The molecule has 0 spiro atoms. The summed E-state index contributed by atoms with van der Waals surface area (Å²) in [5, 5.41) is 2.98. The Morgan fingerprint density at radius 2 is 2.38 bits per heavy atom. The van der Waals surface area contributed by atoms with E-state index in [-0.39, 0.29) is 17.9 Å². The predicted octanol–water partition coefficient (Wildman–Crippen LogP) is 2.12. The Balaban J connectivity index is 1.35. The second kappa shape index (κ2) is 6.05. The Labute approximate surface area is 128 Å². The molecular formula is C15H20N2O3S. The lowest BCUT2D eigenvalue weighted by Crippen LogP contribution is -2.31. The van der Waals surface area contributed by atoms with Crippen molar-refractivity contribution < 1.29 is 14.3 Å². The zero-order valence-corrected chi connectivity index (χ0v) is 12.9. The van der Waals surface area contributed by atoms with Crippen LogP contribution in [0.5, 0.6) is 0 Å². The van der Waals surface area contributed by atoms with Crippen molar-refractivity contribution in [3.63, 3.8) is 0 Å². The van der Waals surface area contributed by atoms with Crippen LogP contribution in [0.15, 0.2) is 12.1 Å². The fourth-order valence-electron chi connectivity index (χ4n) is 2.69. The Hall–Kier alpha value is -1.56. The summed E-state index contributed by atoms with van der Waals surface area (Å²) in [5.41, 5.74) is 0. The smallest absolute Gasteiger partial charge is 0.409 e. The minimum Gasteiger partial charge on any atom is -0.448 e. The van der Waals surface area contributed by atoms with Gasteiger partial charge in [-0.1, -0.05) is 0 Å². The first-order chi connectivity index (χ1) is 10.1. The van der Waals surface area contributed by atoms with E-state index in [2.05, 4.69) is 24.4 Å². The number of cyclic esters (lactones) is 1. The summed E-state index contributed by atoms with van der Waals surface area (Å²) in [6.45, 7) is 4.51. The SMILES string of the molecule is Cc1ccc(C2CC2C(=O)NCCCN2CCOC2=O)s1. The van der Waals surface area contributed by atoms with E-state index in [1.165, 1.54) is 9.75 Å². The molecule has 3 rings (SSSR count). The van der Waals surface area contributed by atoms with Gasteiger partial charge in [-0.15, -0.1) is 11.3 Å². The molecule has 1 aliphatic heterocycles. The number of ether oxygens (including phenoxy) is 1. The summed E-state index contributed by atoms with van der Waals surface area (Å²) < 4.78 is 4.86. The normalized spacial score (nSPS) is 24.0. The third-order valence-electron chi connectivity index (χ3n) is 4.00. The number of hydrogen-bond donors (Lipinski definition) is 1. The molecule has 0 aromatic carbocycles. The van der Waals surface area contributed by atoms with Gasteiger partial charge in [0, 0.05) is 34.7 Å². The van der Waals surface area contributed by atoms with Crippen LogP contribution in [-0.4, -0.2) is 43.1 Å². The first-order valence-electron chi connectivity index (χ1n) is 7.41. The topological polar surface area (TPSA) is 58.6 Å². The van der Waals surface area contributed by atoms with Crippen molar-refractivity contribution in [2.75, 3.05) is 26.2 Å². The van der Waals surface area contributed by atoms with Crippen LogP contribution in [0.2, 0.25) is 0 Å². The molecular weight excluding hydrogens is 288 g/mol. The van der Waals surface area contributed by atoms with Crippen LogP contribution in [0.3, 0.4) is 0 Å². The van der Waals surface area contributed by atoms with Crippen LogP contribution in [-0.2, 0) is 9.53 Å². The number of carbonyl (C=O) groups is 2. The van der Waals surface area contributed by atoms with Gasteiger partial charge in [-0.05, 0) is 31.9 Å². The average Bonchev–Trinajstić information content (AvgIpc) is 2.99. The maximum atomic E-state index is 12.0. The quantitative estimate of drug-likeness (QED) is 0.819. The second-order valence-corrected chi connectivity index (χ2v) is 6.96. The van der Waals surface area contributed by atoms with E-state index >= 15 is 0 Å². The van der Waals surface area contributed by atoms with Gasteiger partial charge in [-0.2, -0.15) is 0 Å². The number of thiophene rings is 1. The molecule has 0 bridgehead atoms. The Kier molecular flexibility index (Phi) is 4.14. The highest BCUT2D eigenvalue weighted by molar-refractivity contribution is 7.12. The molecule has 2 unspecified atom stereocenters. The lowest BCUT2D eigenvalue weighted by molar-refractivity contribution is -0.122. The van der Waals surface area contributed by atoms with E-state index in [1.54, 1.807) is 16.2 Å². The fourth-order valence-corrected chi connectivity index (χ4v) is 3.75. The van der Waals surface area contributed by atoms with Gasteiger partial charge in [0.2, 0.25) is 5.91 Å². The van der Waals surface area contributed by atoms with E-state index in [1.807, 2.05) is 0 Å². The molecule has 2 heterocycles. The molecule has 1 saturated heterocycles. The fraction of sp³-hybridized carbons (Fsp3) is 0.600. The molecule has 21 heavy (non-hydrogen) atoms. The minimum absolute atomic E-state index is 0.139. The number of hydrogen-bond acceptors (Lipinski definition) is 4. The van der Waals surface area contributed by atoms with Gasteiger partial charge in [0.1, 0.15) is 6.61 Å². The van der Waals surface area contributed by atoms with Crippen molar-refractivity contribution in [3.05, 3.63) is 21.9 Å². The molecule has 114 valence electrons. The molecule has 5 nitrogen and oxygen atoms in total. The molecule has 2 fully saturated rings. The summed E-state index contributed by atoms with van der Waals surface area (Å²) in [4.78, 5) is 27.6. The van der Waals surface area contributed by atoms with Crippen LogP contribution in [0.4, 0.5) is 4.79 Å². The number of nitrogens with one attached hydrogen (secondary N) is 1. The van der Waals surface area contributed by atoms with Gasteiger partial charge >= 0.3 is 6.09 Å². The first kappa shape index (κ1) is 14.4. The maximum absolute atomic E-state index is 12.0. The minimum atomic E-state index is -0.239. The molecule has 1 aliphatic carbocycles. The highest BCUT2D eigenvalue weighted by Crippen LogP contribution is 2.49. The zero-order valence-electron chi connectivity index (χ0n) is 12.1. The number of aryl methyl sites for hydroxylation is 1. The average molecular weight is 308 g/mol. The van der Waals surface area contributed by atoms with Crippen molar-refractivity contribution in [1.82, 2.24) is 10.2 Å². The third kappa shape index (κ3) is 3.37. The van der Waals surface area contributed by atoms with Crippen LogP contribution < -0.4 is 5.32 Å². The zero-order chi connectivity index (χ0) is 14.8. The summed E-state index contributed by atoms with van der Waals surface area (Å²) in [5.74, 6) is 0.701. The summed E-state index contributed by atoms with van der Waals surface area (Å²) in [6, 6.07) is 4.25. The van der Waals surface area contributed by atoms with Crippen molar-refractivity contribution in [2.45, 2.75) is 25.7 Å². The Morgan fingerprint density at radius 3 is 3.05 bits per heavy atom. The van der Waals surface area contributed by atoms with E-state index in [0.29, 0.717) is 32.2 Å². The maximum Gasteiger partial charge on any atom is 0.409 e. The molecule has 0 radical (unpaired) electrons. The standard InChI is InChI=1S/C15H20N2O3S/c1-10-3-4-13(21-10)11-9-12(11)14(18)16-5-2-6-17-7-8-20-15(17)19/h3-4,11-12H,2,5-9H2,1H3,(H,16,18). The van der Waals surface area contributed by atoms with Crippen LogP contribution in [0, 0.1) is 12.8 Å². The van der Waals surface area contributed by atoms with Gasteiger partial charge in [0.15, 0.2) is 0 Å². The highest BCUT2D eigenvalue weighted by Gasteiger charge is 2.44. The second-order valence-electron chi connectivity index (χ2n) is 5.64. The largest absolute Gasteiger partial charge is 0.448 e. The van der Waals surface area contributed by atoms with Gasteiger partial charge in [-0.25, -0.2) is 4.79 Å². The third-order valence-corrected chi connectivity index (χ3v) is 5.14. The number of rotatable bonds is 6. The van der Waals surface area contributed by atoms with E-state index in [0.717, 1.165) is 12.8 Å². The van der Waals surface area contributed by atoms with Crippen LogP contribution in [0.25, 0.3) is 0 Å². The lowest BCUT2D eigenvalue weighted by atomic mass is 10.2. The molecule has 2 atom stereocenters. The van der Waals surface area contributed by atoms with Crippen molar-refractivity contribution >= 4 is 23.3 Å². The molecule has 1 saturated carbocycles. The van der Waals surface area contributed by atoms with Crippen LogP contribution in [0.1, 0.15) is 28.5 Å². The Morgan fingerprint density at radius 1 is 1.52 bits per heavy atom. The predicted molar refractivity (Wildman–Crippen MR) is 80.5 cm³/mol. The monoisotopic (exact) mass is 308 g/mol. The number of carbonyl (C=O) groups excluding carboxylic acids is 2. The van der Waals surface area contributed by atoms with Crippen LogP contribution >= 0.6 is 11.3 Å². The van der Waals surface area contributed by atoms with E-state index in [9.17, 15) is 9.59 Å². The molecule has 1 aromatic rings. The van der Waals surface area contributed by atoms with Gasteiger partial charge < -0.3 is 15.0 Å². The van der Waals surface area contributed by atoms with Crippen molar-refractivity contribution in [3.8, 4) is 0 Å². The van der Waals surface area contributed by atoms with Crippen molar-refractivity contribution in [1.29, 1.82) is 0 Å². The van der Waals surface area contributed by atoms with Gasteiger partial charge in [0.25, 0.3) is 0 Å². The first-order valence-corrected chi connectivity index (χ1v) is 8.22.